The Kier molecular flexibility index (Phi) is 6.74. The van der Waals surface area contributed by atoms with E-state index in [4.69, 9.17) is 6.57 Å². The van der Waals surface area contributed by atoms with E-state index in [9.17, 15) is 4.79 Å². The van der Waals surface area contributed by atoms with E-state index in [0.29, 0.717) is 18.0 Å². The zero-order chi connectivity index (χ0) is 15.1. The topological polar surface area (TPSA) is 34.3 Å². The molecule has 1 atom stereocenters. The fourth-order valence-electron chi connectivity index (χ4n) is 1.68. The van der Waals surface area contributed by atoms with Crippen LogP contribution in [0.3, 0.4) is 0 Å². The number of hydrogen-bond donors (Lipinski definition) is 0. The third-order valence-electron chi connectivity index (χ3n) is 2.91. The van der Waals surface area contributed by atoms with E-state index in [1.165, 1.54) is 0 Å². The highest BCUT2D eigenvalue weighted by Crippen LogP contribution is 2.35. The molecule has 0 radical (unpaired) electrons. The van der Waals surface area contributed by atoms with Gasteiger partial charge < -0.3 is 0 Å². The van der Waals surface area contributed by atoms with Crippen LogP contribution in [0.15, 0.2) is 18.5 Å². The molecule has 0 aliphatic carbocycles. The highest BCUT2D eigenvalue weighted by atomic mass is 32.2. The van der Waals surface area contributed by atoms with Gasteiger partial charge >= 0.3 is 0 Å². The van der Waals surface area contributed by atoms with Crippen molar-refractivity contribution in [2.75, 3.05) is 5.75 Å². The molecule has 3 nitrogen and oxygen atoms in total. The van der Waals surface area contributed by atoms with E-state index >= 15 is 0 Å². The van der Waals surface area contributed by atoms with Crippen LogP contribution in [-0.4, -0.2) is 16.5 Å². The lowest BCUT2D eigenvalue weighted by molar-refractivity contribution is -0.121. The molecule has 1 aromatic heterocycles. The molecule has 108 valence electrons. The Bertz CT molecular complexity index is 491. The molecule has 0 aliphatic rings. The second-order valence-electron chi connectivity index (χ2n) is 5.63. The lowest BCUT2D eigenvalue weighted by atomic mass is 10.0. The molecule has 1 rings (SSSR count). The van der Waals surface area contributed by atoms with Crippen LogP contribution in [-0.2, 0) is 4.79 Å². The number of ketones is 1. The summed E-state index contributed by atoms with van der Waals surface area (Å²) < 4.78 is 0. The van der Waals surface area contributed by atoms with Crippen molar-refractivity contribution in [1.29, 1.82) is 0 Å². The summed E-state index contributed by atoms with van der Waals surface area (Å²) in [4.78, 5) is 19.6. The van der Waals surface area contributed by atoms with Crippen molar-refractivity contribution in [2.24, 2.45) is 11.8 Å². The van der Waals surface area contributed by atoms with Crippen molar-refractivity contribution < 1.29 is 4.79 Å². The minimum atomic E-state index is 0.0501. The SMILES string of the molecule is [C-]#[N+]c1cncc(C(CC(=O)C(C)C)SCC(C)C)c1. The van der Waals surface area contributed by atoms with Crippen LogP contribution in [0.1, 0.15) is 44.9 Å². The second-order valence-corrected chi connectivity index (χ2v) is 6.86. The number of carbonyl (C=O) groups is 1. The van der Waals surface area contributed by atoms with Crippen molar-refractivity contribution in [3.63, 3.8) is 0 Å². The number of hydrogen-bond acceptors (Lipinski definition) is 3. The van der Waals surface area contributed by atoms with Gasteiger partial charge in [0.1, 0.15) is 5.78 Å². The maximum Gasteiger partial charge on any atom is 0.205 e. The molecule has 0 amide bonds. The molecule has 0 spiro atoms. The Labute approximate surface area is 126 Å². The number of nitrogens with zero attached hydrogens (tertiary/aromatic N) is 2. The maximum absolute atomic E-state index is 12.0. The molecule has 0 bridgehead atoms. The number of carbonyl (C=O) groups excluding carboxylic acids is 1. The van der Waals surface area contributed by atoms with Gasteiger partial charge in [0.2, 0.25) is 5.69 Å². The van der Waals surface area contributed by atoms with Gasteiger partial charge in [-0.1, -0.05) is 27.7 Å². The fourth-order valence-corrected chi connectivity index (χ4v) is 2.90. The van der Waals surface area contributed by atoms with Crippen LogP contribution < -0.4 is 0 Å². The third-order valence-corrected chi connectivity index (χ3v) is 4.61. The average molecular weight is 290 g/mol. The molecule has 0 N–H and O–H groups in total. The quantitative estimate of drug-likeness (QED) is 0.684. The van der Waals surface area contributed by atoms with Crippen LogP contribution in [0.2, 0.25) is 0 Å². The lowest BCUT2D eigenvalue weighted by Crippen LogP contribution is -2.12. The lowest BCUT2D eigenvalue weighted by Gasteiger charge is -2.18. The van der Waals surface area contributed by atoms with Crippen LogP contribution >= 0.6 is 11.8 Å². The number of pyridine rings is 1. The second kappa shape index (κ2) is 8.06. The van der Waals surface area contributed by atoms with Gasteiger partial charge in [0.25, 0.3) is 0 Å². The van der Waals surface area contributed by atoms with Crippen molar-refractivity contribution >= 4 is 23.2 Å². The molecule has 0 aromatic carbocycles. The van der Waals surface area contributed by atoms with E-state index in [1.54, 1.807) is 24.2 Å². The van der Waals surface area contributed by atoms with E-state index in [1.807, 2.05) is 19.9 Å². The monoisotopic (exact) mass is 290 g/mol. The van der Waals surface area contributed by atoms with Gasteiger partial charge in [0.05, 0.1) is 6.57 Å². The van der Waals surface area contributed by atoms with Crippen molar-refractivity contribution in [1.82, 2.24) is 4.98 Å². The summed E-state index contributed by atoms with van der Waals surface area (Å²) in [5.41, 5.74) is 1.52. The first-order valence-electron chi connectivity index (χ1n) is 6.90. The normalized spacial score (nSPS) is 12.4. The summed E-state index contributed by atoms with van der Waals surface area (Å²) in [5, 5.41) is 0.0986. The first kappa shape index (κ1) is 16.7. The maximum atomic E-state index is 12.0. The number of aromatic nitrogens is 1. The fraction of sp³-hybridized carbons (Fsp3) is 0.562. The van der Waals surface area contributed by atoms with Gasteiger partial charge in [-0.25, -0.2) is 4.85 Å². The molecule has 0 fully saturated rings. The number of thioether (sulfide) groups is 1. The average Bonchev–Trinajstić information content (AvgIpc) is 2.42. The smallest absolute Gasteiger partial charge is 0.205 e. The molecule has 0 saturated carbocycles. The Balaban J connectivity index is 2.90. The summed E-state index contributed by atoms with van der Waals surface area (Å²) in [6, 6.07) is 1.85. The van der Waals surface area contributed by atoms with Crippen LogP contribution in [0.4, 0.5) is 5.69 Å². The molecule has 0 saturated heterocycles. The zero-order valence-electron chi connectivity index (χ0n) is 12.6. The summed E-state index contributed by atoms with van der Waals surface area (Å²) >= 11 is 1.78. The molecule has 0 aliphatic heterocycles. The molecule has 20 heavy (non-hydrogen) atoms. The van der Waals surface area contributed by atoms with Crippen LogP contribution in [0.25, 0.3) is 4.85 Å². The Morgan fingerprint density at radius 1 is 1.35 bits per heavy atom. The Morgan fingerprint density at radius 2 is 2.05 bits per heavy atom. The summed E-state index contributed by atoms with van der Waals surface area (Å²) in [5.74, 6) is 1.89. The van der Waals surface area contributed by atoms with E-state index in [0.717, 1.165) is 11.3 Å². The third kappa shape index (κ3) is 5.34. The molecule has 1 aromatic rings. The Morgan fingerprint density at radius 3 is 2.60 bits per heavy atom. The van der Waals surface area contributed by atoms with Gasteiger partial charge in [-0.3, -0.25) is 9.78 Å². The van der Waals surface area contributed by atoms with E-state index in [2.05, 4.69) is 23.7 Å². The van der Waals surface area contributed by atoms with Gasteiger partial charge in [0.15, 0.2) is 0 Å². The van der Waals surface area contributed by atoms with E-state index < -0.39 is 0 Å². The number of rotatable bonds is 7. The zero-order valence-corrected chi connectivity index (χ0v) is 13.4. The molecular weight excluding hydrogens is 268 g/mol. The first-order chi connectivity index (χ1) is 9.43. The van der Waals surface area contributed by atoms with Crippen molar-refractivity contribution in [2.45, 2.75) is 39.4 Å². The molecule has 1 heterocycles. The summed E-state index contributed by atoms with van der Waals surface area (Å²) in [6.45, 7) is 15.3. The minimum Gasteiger partial charge on any atom is -0.299 e. The number of Topliss-reactive ketones (excluding diaryl/α,β-unsaturated/α-hetero) is 1. The minimum absolute atomic E-state index is 0.0501. The standard InChI is InChI=1S/C16H22N2OS/c1-11(2)10-20-16(7-15(19)12(3)4)13-6-14(17-5)9-18-8-13/h6,8-9,11-12,16H,7,10H2,1-4H3. The Hall–Kier alpha value is -1.34. The van der Waals surface area contributed by atoms with Crippen molar-refractivity contribution in [3.8, 4) is 0 Å². The van der Waals surface area contributed by atoms with Gasteiger partial charge in [0, 0.05) is 30.0 Å². The van der Waals surface area contributed by atoms with Crippen molar-refractivity contribution in [3.05, 3.63) is 35.4 Å². The highest BCUT2D eigenvalue weighted by molar-refractivity contribution is 7.99. The van der Waals surface area contributed by atoms with Gasteiger partial charge in [-0.15, -0.1) is 0 Å². The van der Waals surface area contributed by atoms with Gasteiger partial charge in [-0.2, -0.15) is 11.8 Å². The van der Waals surface area contributed by atoms with Crippen LogP contribution in [0.5, 0.6) is 0 Å². The molecule has 4 heteroatoms. The van der Waals surface area contributed by atoms with E-state index in [-0.39, 0.29) is 17.0 Å². The summed E-state index contributed by atoms with van der Waals surface area (Å²) in [7, 11) is 0. The first-order valence-corrected chi connectivity index (χ1v) is 7.95. The van der Waals surface area contributed by atoms with Crippen LogP contribution in [0, 0.1) is 18.4 Å². The van der Waals surface area contributed by atoms with Gasteiger partial charge in [-0.05, 0) is 23.3 Å². The highest BCUT2D eigenvalue weighted by Gasteiger charge is 2.19. The summed E-state index contributed by atoms with van der Waals surface area (Å²) in [6.07, 6.45) is 3.85. The molecule has 1 unspecified atom stereocenters. The predicted molar refractivity (Wildman–Crippen MR) is 85.0 cm³/mol. The largest absolute Gasteiger partial charge is 0.299 e. The molecular formula is C16H22N2OS. The predicted octanol–water partition coefficient (Wildman–Crippen LogP) is 4.68.